The zero-order valence-electron chi connectivity index (χ0n) is 16.9. The highest BCUT2D eigenvalue weighted by Gasteiger charge is 2.45. The van der Waals surface area contributed by atoms with Crippen molar-refractivity contribution in [1.29, 1.82) is 0 Å². The van der Waals surface area contributed by atoms with Crippen molar-refractivity contribution in [1.82, 2.24) is 0 Å². The van der Waals surface area contributed by atoms with E-state index in [1.807, 2.05) is 0 Å². The summed E-state index contributed by atoms with van der Waals surface area (Å²) in [5.41, 5.74) is 0.482. The van der Waals surface area contributed by atoms with Gasteiger partial charge in [0.25, 0.3) is 0 Å². The average Bonchev–Trinajstić information content (AvgIpc) is 2.78. The summed E-state index contributed by atoms with van der Waals surface area (Å²) >= 11 is 0. The van der Waals surface area contributed by atoms with Crippen LogP contribution >= 0.6 is 0 Å². The van der Waals surface area contributed by atoms with Gasteiger partial charge in [-0.1, -0.05) is 12.1 Å². The number of hydrogen-bond donors (Lipinski definition) is 5. The van der Waals surface area contributed by atoms with Gasteiger partial charge in [-0.3, -0.25) is 0 Å². The molecule has 1 aliphatic heterocycles. The molecule has 0 bridgehead atoms. The minimum Gasteiger partial charge on any atom is -0.508 e. The number of aromatic hydroxyl groups is 1. The predicted molar refractivity (Wildman–Crippen MR) is 111 cm³/mol. The monoisotopic (exact) mass is 446 g/mol. The number of hydrogen-bond acceptors (Lipinski definition) is 10. The first kappa shape index (κ1) is 22.1. The van der Waals surface area contributed by atoms with Crippen molar-refractivity contribution in [3.05, 3.63) is 52.9 Å². The van der Waals surface area contributed by atoms with E-state index in [0.717, 1.165) is 0 Å². The first-order valence-electron chi connectivity index (χ1n) is 9.75. The van der Waals surface area contributed by atoms with E-state index >= 15 is 0 Å². The van der Waals surface area contributed by atoms with E-state index < -0.39 is 42.9 Å². The van der Waals surface area contributed by atoms with Crippen LogP contribution in [0.15, 0.2) is 51.7 Å². The highest BCUT2D eigenvalue weighted by Crippen LogP contribution is 2.39. The van der Waals surface area contributed by atoms with Gasteiger partial charge in [0.05, 0.1) is 19.1 Å². The second-order valence-electron chi connectivity index (χ2n) is 7.34. The minimum absolute atomic E-state index is 0.0421. The van der Waals surface area contributed by atoms with E-state index in [4.69, 9.17) is 18.6 Å². The van der Waals surface area contributed by atoms with Gasteiger partial charge >= 0.3 is 5.63 Å². The average molecular weight is 446 g/mol. The van der Waals surface area contributed by atoms with E-state index in [0.29, 0.717) is 16.5 Å². The summed E-state index contributed by atoms with van der Waals surface area (Å²) in [6.07, 6.45) is -7.42. The van der Waals surface area contributed by atoms with Crippen molar-refractivity contribution in [2.24, 2.45) is 0 Å². The molecule has 1 fully saturated rings. The Morgan fingerprint density at radius 3 is 2.38 bits per heavy atom. The number of phenols is 1. The van der Waals surface area contributed by atoms with Crippen LogP contribution in [-0.2, 0) is 4.74 Å². The Hall–Kier alpha value is -3.15. The lowest BCUT2D eigenvalue weighted by Crippen LogP contribution is -2.60. The largest absolute Gasteiger partial charge is 0.508 e. The Morgan fingerprint density at radius 1 is 1.00 bits per heavy atom. The minimum atomic E-state index is -1.64. The SMILES string of the molecule is COc1cc(O[C@@H]2O[C@H](CO)[C@H](O)[C@H](O)[C@H]2O)c2c(-c3ccc(O)cc3)cc(=O)oc2c1. The van der Waals surface area contributed by atoms with Gasteiger partial charge in [0.2, 0.25) is 6.29 Å². The number of fused-ring (bicyclic) bond motifs is 1. The summed E-state index contributed by atoms with van der Waals surface area (Å²) in [4.78, 5) is 12.2. The Balaban J connectivity index is 1.86. The lowest BCUT2D eigenvalue weighted by Gasteiger charge is -2.39. The number of rotatable bonds is 5. The number of ether oxygens (including phenoxy) is 3. The summed E-state index contributed by atoms with van der Waals surface area (Å²) < 4.78 is 21.9. The molecule has 1 aromatic heterocycles. The molecule has 0 aliphatic carbocycles. The Kier molecular flexibility index (Phi) is 6.04. The molecule has 0 spiro atoms. The van der Waals surface area contributed by atoms with Crippen molar-refractivity contribution < 1.29 is 44.2 Å². The fourth-order valence-corrected chi connectivity index (χ4v) is 3.61. The third-order valence-electron chi connectivity index (χ3n) is 5.29. The fourth-order valence-electron chi connectivity index (χ4n) is 3.61. The zero-order valence-corrected chi connectivity index (χ0v) is 16.9. The molecule has 10 nitrogen and oxygen atoms in total. The van der Waals surface area contributed by atoms with Crippen LogP contribution in [-0.4, -0.2) is 70.0 Å². The lowest BCUT2D eigenvalue weighted by molar-refractivity contribution is -0.277. The van der Waals surface area contributed by atoms with Crippen molar-refractivity contribution in [2.45, 2.75) is 30.7 Å². The third kappa shape index (κ3) is 4.01. The van der Waals surface area contributed by atoms with Crippen molar-refractivity contribution >= 4 is 11.0 Å². The number of aliphatic hydroxyl groups is 4. The van der Waals surface area contributed by atoms with Crippen molar-refractivity contribution in [3.63, 3.8) is 0 Å². The molecular weight excluding hydrogens is 424 g/mol. The van der Waals surface area contributed by atoms with Gasteiger partial charge in [0, 0.05) is 23.8 Å². The molecule has 32 heavy (non-hydrogen) atoms. The van der Waals surface area contributed by atoms with Crippen LogP contribution in [0, 0.1) is 0 Å². The summed E-state index contributed by atoms with van der Waals surface area (Å²) in [7, 11) is 1.40. The molecule has 4 rings (SSSR count). The third-order valence-corrected chi connectivity index (χ3v) is 5.29. The van der Waals surface area contributed by atoms with Gasteiger partial charge in [0.15, 0.2) is 0 Å². The van der Waals surface area contributed by atoms with Gasteiger partial charge in [-0.05, 0) is 17.7 Å². The molecule has 0 unspecified atom stereocenters. The first-order valence-corrected chi connectivity index (χ1v) is 9.75. The van der Waals surface area contributed by atoms with E-state index in [-0.39, 0.29) is 22.8 Å². The maximum Gasteiger partial charge on any atom is 0.336 e. The summed E-state index contributed by atoms with van der Waals surface area (Å²) in [5.74, 6) is 0.416. The highest BCUT2D eigenvalue weighted by atomic mass is 16.7. The molecule has 3 aromatic rings. The molecule has 2 heterocycles. The van der Waals surface area contributed by atoms with E-state index in [1.54, 1.807) is 12.1 Å². The van der Waals surface area contributed by atoms with Gasteiger partial charge in [-0.2, -0.15) is 0 Å². The van der Waals surface area contributed by atoms with Crippen LogP contribution in [0.3, 0.4) is 0 Å². The van der Waals surface area contributed by atoms with E-state index in [9.17, 15) is 30.3 Å². The first-order chi connectivity index (χ1) is 15.3. The number of phenolic OH excluding ortho intramolecular Hbond substituents is 1. The zero-order chi connectivity index (χ0) is 23.0. The topological polar surface area (TPSA) is 159 Å². The maximum atomic E-state index is 12.2. The smallest absolute Gasteiger partial charge is 0.336 e. The molecule has 0 saturated carbocycles. The van der Waals surface area contributed by atoms with Crippen molar-refractivity contribution in [2.75, 3.05) is 13.7 Å². The fraction of sp³-hybridized carbons (Fsp3) is 0.318. The van der Waals surface area contributed by atoms with Crippen LogP contribution in [0.2, 0.25) is 0 Å². The number of benzene rings is 2. The molecule has 5 atom stereocenters. The van der Waals surface area contributed by atoms with E-state index in [1.165, 1.54) is 37.4 Å². The summed E-state index contributed by atoms with van der Waals surface area (Å²) in [6.45, 7) is -0.614. The van der Waals surface area contributed by atoms with Crippen LogP contribution < -0.4 is 15.1 Å². The predicted octanol–water partition coefficient (Wildman–Crippen LogP) is 0.353. The Bertz CT molecular complexity index is 1150. The van der Waals surface area contributed by atoms with Gasteiger partial charge in [-0.25, -0.2) is 4.79 Å². The maximum absolute atomic E-state index is 12.2. The molecule has 10 heteroatoms. The molecule has 0 amide bonds. The molecule has 2 aromatic carbocycles. The van der Waals surface area contributed by atoms with Gasteiger partial charge in [-0.15, -0.1) is 0 Å². The van der Waals surface area contributed by atoms with Crippen molar-refractivity contribution in [3.8, 4) is 28.4 Å². The van der Waals surface area contributed by atoms with Gasteiger partial charge < -0.3 is 44.2 Å². The quantitative estimate of drug-likeness (QED) is 0.346. The summed E-state index contributed by atoms with van der Waals surface area (Å²) in [5, 5.41) is 49.8. The molecule has 170 valence electrons. The van der Waals surface area contributed by atoms with Crippen LogP contribution in [0.4, 0.5) is 0 Å². The van der Waals surface area contributed by atoms with Crippen LogP contribution in [0.5, 0.6) is 17.2 Å². The van der Waals surface area contributed by atoms with Crippen LogP contribution in [0.25, 0.3) is 22.1 Å². The van der Waals surface area contributed by atoms with Gasteiger partial charge in [0.1, 0.15) is 47.2 Å². The molecule has 1 aliphatic rings. The molecule has 0 radical (unpaired) electrons. The number of methoxy groups -OCH3 is 1. The second-order valence-corrected chi connectivity index (χ2v) is 7.34. The molecular formula is C22H22O10. The lowest BCUT2D eigenvalue weighted by atomic mass is 9.99. The standard InChI is InChI=1S/C22H22O10/c1-29-12-6-14-18(13(8-17(25)30-14)10-2-4-11(24)5-3-10)15(7-12)31-22-21(28)20(27)19(26)16(9-23)32-22/h2-8,16,19-24,26-28H,9H2,1H3/t16-,19+,20+,21-,22-/m1/s1. The summed E-state index contributed by atoms with van der Waals surface area (Å²) in [6, 6.07) is 10.3. The van der Waals surface area contributed by atoms with Crippen LogP contribution in [0.1, 0.15) is 0 Å². The number of aliphatic hydroxyl groups excluding tert-OH is 4. The van der Waals surface area contributed by atoms with E-state index in [2.05, 4.69) is 0 Å². The Labute approximate surface area is 181 Å². The molecule has 1 saturated heterocycles. The Morgan fingerprint density at radius 2 is 1.72 bits per heavy atom. The highest BCUT2D eigenvalue weighted by molar-refractivity contribution is 5.98. The normalized spacial score (nSPS) is 25.6. The second kappa shape index (κ2) is 8.77. The molecule has 5 N–H and O–H groups in total.